The van der Waals surface area contributed by atoms with Crippen molar-refractivity contribution < 1.29 is 24.2 Å². The van der Waals surface area contributed by atoms with Crippen LogP contribution in [0, 0.1) is 0 Å². The molecule has 0 aliphatic carbocycles. The molecule has 0 rings (SSSR count). The summed E-state index contributed by atoms with van der Waals surface area (Å²) >= 11 is 0. The standard InChI is InChI=1S/C10H20N2O5Si/c1-18(2,3)5-4-17-10(16)12-6-8(13)11-7-9(14)15/h4-7H2,1-3H3,(H,11,13)(H,12,16)(H,14,15). The third-order valence-corrected chi connectivity index (χ3v) is 3.62. The zero-order valence-corrected chi connectivity index (χ0v) is 11.9. The topological polar surface area (TPSA) is 105 Å². The monoisotopic (exact) mass is 276 g/mol. The first-order chi connectivity index (χ1) is 8.20. The first kappa shape index (κ1) is 16.4. The lowest BCUT2D eigenvalue weighted by Gasteiger charge is -2.15. The summed E-state index contributed by atoms with van der Waals surface area (Å²) in [6.07, 6.45) is -0.668. The third-order valence-electron chi connectivity index (χ3n) is 1.92. The average Bonchev–Trinajstić information content (AvgIpc) is 2.21. The molecule has 0 aromatic rings. The number of ether oxygens (including phenoxy) is 1. The van der Waals surface area contributed by atoms with E-state index < -0.39 is 32.6 Å². The van der Waals surface area contributed by atoms with Crippen molar-refractivity contribution in [1.82, 2.24) is 10.6 Å². The Bertz CT molecular complexity index is 314. The van der Waals surface area contributed by atoms with E-state index in [0.717, 1.165) is 6.04 Å². The molecule has 18 heavy (non-hydrogen) atoms. The molecule has 0 radical (unpaired) electrons. The van der Waals surface area contributed by atoms with Gasteiger partial charge in [-0.3, -0.25) is 9.59 Å². The molecule has 0 saturated carbocycles. The maximum atomic E-state index is 11.2. The van der Waals surface area contributed by atoms with Crippen molar-refractivity contribution in [3.8, 4) is 0 Å². The molecule has 0 aliphatic heterocycles. The number of rotatable bonds is 7. The predicted octanol–water partition coefficient (Wildman–Crippen LogP) is 0.252. The highest BCUT2D eigenvalue weighted by molar-refractivity contribution is 6.76. The first-order valence-electron chi connectivity index (χ1n) is 5.60. The van der Waals surface area contributed by atoms with Gasteiger partial charge in [0.15, 0.2) is 0 Å². The molecule has 0 aliphatic rings. The number of carbonyl (C=O) groups is 3. The smallest absolute Gasteiger partial charge is 0.407 e. The van der Waals surface area contributed by atoms with E-state index in [4.69, 9.17) is 9.84 Å². The van der Waals surface area contributed by atoms with Gasteiger partial charge >= 0.3 is 12.1 Å². The van der Waals surface area contributed by atoms with E-state index in [9.17, 15) is 14.4 Å². The maximum absolute atomic E-state index is 11.2. The van der Waals surface area contributed by atoms with Gasteiger partial charge in [0.05, 0.1) is 6.61 Å². The Morgan fingerprint density at radius 2 is 1.72 bits per heavy atom. The minimum absolute atomic E-state index is 0.293. The van der Waals surface area contributed by atoms with E-state index in [1.54, 1.807) is 0 Å². The van der Waals surface area contributed by atoms with Crippen molar-refractivity contribution in [3.05, 3.63) is 0 Å². The lowest BCUT2D eigenvalue weighted by atomic mass is 10.5. The van der Waals surface area contributed by atoms with Crippen molar-refractivity contribution in [3.63, 3.8) is 0 Å². The van der Waals surface area contributed by atoms with Crippen LogP contribution in [0.15, 0.2) is 0 Å². The number of carboxylic acid groups (broad SMARTS) is 1. The van der Waals surface area contributed by atoms with Crippen LogP contribution in [0.2, 0.25) is 25.7 Å². The zero-order valence-electron chi connectivity index (χ0n) is 10.9. The van der Waals surface area contributed by atoms with Crippen LogP contribution in [0.5, 0.6) is 0 Å². The second-order valence-corrected chi connectivity index (χ2v) is 10.6. The van der Waals surface area contributed by atoms with Gasteiger partial charge in [-0.15, -0.1) is 0 Å². The summed E-state index contributed by atoms with van der Waals surface area (Å²) in [5.41, 5.74) is 0. The van der Waals surface area contributed by atoms with Gasteiger partial charge in [0, 0.05) is 8.07 Å². The predicted molar refractivity (Wildman–Crippen MR) is 68.1 cm³/mol. The lowest BCUT2D eigenvalue weighted by Crippen LogP contribution is -2.39. The fraction of sp³-hybridized carbons (Fsp3) is 0.700. The van der Waals surface area contributed by atoms with Gasteiger partial charge in [-0.2, -0.15) is 0 Å². The van der Waals surface area contributed by atoms with E-state index in [0.29, 0.717) is 6.61 Å². The van der Waals surface area contributed by atoms with Crippen LogP contribution in [0.25, 0.3) is 0 Å². The normalized spacial score (nSPS) is 10.6. The minimum atomic E-state index is -1.24. The summed E-state index contributed by atoms with van der Waals surface area (Å²) in [7, 11) is -1.24. The van der Waals surface area contributed by atoms with Gasteiger partial charge in [-0.05, 0) is 6.04 Å². The fourth-order valence-electron chi connectivity index (χ4n) is 0.890. The number of carboxylic acids is 1. The van der Waals surface area contributed by atoms with Crippen molar-refractivity contribution in [2.45, 2.75) is 25.7 Å². The van der Waals surface area contributed by atoms with E-state index in [1.165, 1.54) is 0 Å². The fourth-order valence-corrected chi connectivity index (χ4v) is 1.60. The molecule has 0 unspecified atom stereocenters. The quantitative estimate of drug-likeness (QED) is 0.578. The Labute approximate surface area is 107 Å². The highest BCUT2D eigenvalue weighted by Crippen LogP contribution is 2.07. The van der Waals surface area contributed by atoms with Gasteiger partial charge < -0.3 is 20.5 Å². The SMILES string of the molecule is C[Si](C)(C)CCOC(=O)NCC(=O)NCC(=O)O. The van der Waals surface area contributed by atoms with Crippen LogP contribution < -0.4 is 10.6 Å². The number of nitrogens with one attached hydrogen (secondary N) is 2. The Balaban J connectivity index is 3.64. The molecule has 0 fully saturated rings. The largest absolute Gasteiger partial charge is 0.480 e. The third kappa shape index (κ3) is 10.9. The van der Waals surface area contributed by atoms with Gasteiger partial charge in [0.2, 0.25) is 5.91 Å². The van der Waals surface area contributed by atoms with Crippen molar-refractivity contribution in [2.24, 2.45) is 0 Å². The molecule has 8 heteroatoms. The number of amides is 2. The highest BCUT2D eigenvalue weighted by atomic mass is 28.3. The minimum Gasteiger partial charge on any atom is -0.480 e. The molecular weight excluding hydrogens is 256 g/mol. The Hall–Kier alpha value is -1.57. The van der Waals surface area contributed by atoms with Crippen molar-refractivity contribution in [2.75, 3.05) is 19.7 Å². The molecular formula is C10H20N2O5Si. The van der Waals surface area contributed by atoms with Gasteiger partial charge in [0.25, 0.3) is 0 Å². The lowest BCUT2D eigenvalue weighted by molar-refractivity contribution is -0.137. The number of hydrogen-bond acceptors (Lipinski definition) is 4. The highest BCUT2D eigenvalue weighted by Gasteiger charge is 2.14. The molecule has 0 bridgehead atoms. The van der Waals surface area contributed by atoms with Gasteiger partial charge in [-0.1, -0.05) is 19.6 Å². The molecule has 7 nitrogen and oxygen atoms in total. The molecule has 0 aromatic heterocycles. The maximum Gasteiger partial charge on any atom is 0.407 e. The molecule has 0 heterocycles. The van der Waals surface area contributed by atoms with Crippen molar-refractivity contribution in [1.29, 1.82) is 0 Å². The van der Waals surface area contributed by atoms with Crippen LogP contribution >= 0.6 is 0 Å². The van der Waals surface area contributed by atoms with E-state index in [-0.39, 0.29) is 6.54 Å². The molecule has 104 valence electrons. The van der Waals surface area contributed by atoms with Crippen LogP contribution in [0.4, 0.5) is 4.79 Å². The Morgan fingerprint density at radius 1 is 1.11 bits per heavy atom. The van der Waals surface area contributed by atoms with Crippen LogP contribution in [-0.4, -0.2) is 50.8 Å². The van der Waals surface area contributed by atoms with Crippen LogP contribution in [0.3, 0.4) is 0 Å². The Kier molecular flexibility index (Phi) is 7.02. The second kappa shape index (κ2) is 7.70. The Morgan fingerprint density at radius 3 is 2.22 bits per heavy atom. The van der Waals surface area contributed by atoms with Crippen molar-refractivity contribution >= 4 is 26.0 Å². The van der Waals surface area contributed by atoms with Gasteiger partial charge in [0.1, 0.15) is 13.1 Å². The molecule has 0 spiro atoms. The molecule has 0 saturated heterocycles. The number of aliphatic carboxylic acids is 1. The first-order valence-corrected chi connectivity index (χ1v) is 9.30. The summed E-state index contributed by atoms with van der Waals surface area (Å²) in [5.74, 6) is -1.71. The van der Waals surface area contributed by atoms with E-state index >= 15 is 0 Å². The number of carbonyl (C=O) groups excluding carboxylic acids is 2. The summed E-state index contributed by atoms with van der Waals surface area (Å²) < 4.78 is 4.88. The molecule has 0 atom stereocenters. The molecule has 3 N–H and O–H groups in total. The van der Waals surface area contributed by atoms with Crippen LogP contribution in [-0.2, 0) is 14.3 Å². The van der Waals surface area contributed by atoms with E-state index in [2.05, 4.69) is 30.3 Å². The summed E-state index contributed by atoms with van der Waals surface area (Å²) in [6, 6.07) is 0.853. The number of alkyl carbamates (subject to hydrolysis) is 1. The number of hydrogen-bond donors (Lipinski definition) is 3. The second-order valence-electron chi connectivity index (χ2n) is 4.97. The van der Waals surface area contributed by atoms with E-state index in [1.807, 2.05) is 0 Å². The molecule has 0 aromatic carbocycles. The zero-order chi connectivity index (χ0) is 14.2. The summed E-state index contributed by atoms with van der Waals surface area (Å²) in [5, 5.41) is 12.7. The summed E-state index contributed by atoms with van der Waals surface area (Å²) in [4.78, 5) is 32.4. The van der Waals surface area contributed by atoms with Crippen LogP contribution in [0.1, 0.15) is 0 Å². The molecule has 2 amide bonds. The van der Waals surface area contributed by atoms with Gasteiger partial charge in [-0.25, -0.2) is 4.79 Å². The average molecular weight is 276 g/mol. The summed E-state index contributed by atoms with van der Waals surface area (Å²) in [6.45, 7) is 6.05.